The van der Waals surface area contributed by atoms with Crippen molar-refractivity contribution in [2.45, 2.75) is 50.0 Å². The van der Waals surface area contributed by atoms with Gasteiger partial charge in [0.15, 0.2) is 0 Å². The summed E-state index contributed by atoms with van der Waals surface area (Å²) in [6.07, 6.45) is 2.84. The van der Waals surface area contributed by atoms with E-state index in [1.807, 2.05) is 32.0 Å². The lowest BCUT2D eigenvalue weighted by Gasteiger charge is -2.29. The zero-order valence-electron chi connectivity index (χ0n) is 12.4. The van der Waals surface area contributed by atoms with Crippen molar-refractivity contribution < 1.29 is 9.90 Å². The highest BCUT2D eigenvalue weighted by atomic mass is 32.2. The number of aliphatic hydroxyl groups is 1. The smallest absolute Gasteiger partial charge is 0.220 e. The van der Waals surface area contributed by atoms with Gasteiger partial charge in [-0.15, -0.1) is 11.8 Å². The van der Waals surface area contributed by atoms with Crippen LogP contribution in [0.3, 0.4) is 0 Å². The highest BCUT2D eigenvalue weighted by molar-refractivity contribution is 7.99. The van der Waals surface area contributed by atoms with Gasteiger partial charge in [-0.3, -0.25) is 4.79 Å². The summed E-state index contributed by atoms with van der Waals surface area (Å²) in [6.45, 7) is 4.12. The zero-order chi connectivity index (χ0) is 14.8. The summed E-state index contributed by atoms with van der Waals surface area (Å²) in [5.41, 5.74) is -0.279. The fourth-order valence-corrected chi connectivity index (χ4v) is 2.79. The fraction of sp³-hybridized carbons (Fsp3) is 0.562. The first-order valence-corrected chi connectivity index (χ1v) is 8.18. The van der Waals surface area contributed by atoms with E-state index in [9.17, 15) is 4.79 Å². The Morgan fingerprint density at radius 3 is 2.65 bits per heavy atom. The van der Waals surface area contributed by atoms with E-state index < -0.39 is 0 Å². The van der Waals surface area contributed by atoms with Crippen LogP contribution in [-0.2, 0) is 4.79 Å². The Morgan fingerprint density at radius 2 is 2.05 bits per heavy atom. The molecule has 0 radical (unpaired) electrons. The Bertz CT molecular complexity index is 397. The predicted molar refractivity (Wildman–Crippen MR) is 84.9 cm³/mol. The van der Waals surface area contributed by atoms with Crippen LogP contribution in [0.25, 0.3) is 0 Å². The van der Waals surface area contributed by atoms with Crippen molar-refractivity contribution in [2.24, 2.45) is 0 Å². The lowest BCUT2D eigenvalue weighted by molar-refractivity contribution is -0.123. The maximum absolute atomic E-state index is 11.9. The molecule has 0 fully saturated rings. The number of nitrogens with one attached hydrogen (secondary N) is 1. The number of amides is 1. The quantitative estimate of drug-likeness (QED) is 0.543. The molecule has 0 bridgehead atoms. The van der Waals surface area contributed by atoms with E-state index in [-0.39, 0.29) is 18.1 Å². The van der Waals surface area contributed by atoms with Crippen molar-refractivity contribution in [2.75, 3.05) is 12.4 Å². The standard InChI is InChI=1S/C16H25NO2S/c1-3-16(2,11-12-18)17-15(19)10-7-13-20-14-8-5-4-6-9-14/h4-6,8-9,18H,3,7,10-13H2,1-2H3,(H,17,19). The van der Waals surface area contributed by atoms with Gasteiger partial charge in [-0.05, 0) is 44.1 Å². The van der Waals surface area contributed by atoms with Crippen molar-refractivity contribution in [3.8, 4) is 0 Å². The maximum atomic E-state index is 11.9. The molecule has 0 aliphatic carbocycles. The van der Waals surface area contributed by atoms with Crippen molar-refractivity contribution >= 4 is 17.7 Å². The normalized spacial score (nSPS) is 13.8. The second kappa shape index (κ2) is 9.03. The molecule has 0 saturated heterocycles. The molecule has 3 nitrogen and oxygen atoms in total. The molecule has 0 aliphatic heterocycles. The van der Waals surface area contributed by atoms with Crippen molar-refractivity contribution in [3.05, 3.63) is 30.3 Å². The van der Waals surface area contributed by atoms with Gasteiger partial charge in [-0.25, -0.2) is 0 Å². The minimum absolute atomic E-state index is 0.0801. The Hall–Kier alpha value is -1.00. The summed E-state index contributed by atoms with van der Waals surface area (Å²) < 4.78 is 0. The first-order chi connectivity index (χ1) is 9.59. The van der Waals surface area contributed by atoms with Gasteiger partial charge in [0.05, 0.1) is 0 Å². The van der Waals surface area contributed by atoms with Gasteiger partial charge in [0, 0.05) is 23.5 Å². The van der Waals surface area contributed by atoms with Crippen LogP contribution < -0.4 is 5.32 Å². The molecule has 1 amide bonds. The zero-order valence-corrected chi connectivity index (χ0v) is 13.2. The van der Waals surface area contributed by atoms with Gasteiger partial charge >= 0.3 is 0 Å². The first-order valence-electron chi connectivity index (χ1n) is 7.19. The van der Waals surface area contributed by atoms with Crippen LogP contribution in [0.5, 0.6) is 0 Å². The van der Waals surface area contributed by atoms with Gasteiger partial charge < -0.3 is 10.4 Å². The molecule has 1 rings (SSSR count). The molecule has 112 valence electrons. The molecule has 1 unspecified atom stereocenters. The number of aliphatic hydroxyl groups excluding tert-OH is 1. The van der Waals surface area contributed by atoms with Gasteiger partial charge in [-0.2, -0.15) is 0 Å². The van der Waals surface area contributed by atoms with E-state index in [1.165, 1.54) is 4.90 Å². The molecule has 0 spiro atoms. The molecular weight excluding hydrogens is 270 g/mol. The molecule has 1 aromatic carbocycles. The Labute approximate surface area is 126 Å². The summed E-state index contributed by atoms with van der Waals surface area (Å²) in [5, 5.41) is 12.1. The number of carbonyl (C=O) groups excluding carboxylic acids is 1. The van der Waals surface area contributed by atoms with Gasteiger partial charge in [-0.1, -0.05) is 25.1 Å². The Morgan fingerprint density at radius 1 is 1.35 bits per heavy atom. The third-order valence-corrected chi connectivity index (χ3v) is 4.54. The molecule has 1 atom stereocenters. The van der Waals surface area contributed by atoms with Gasteiger partial charge in [0.2, 0.25) is 5.91 Å². The van der Waals surface area contributed by atoms with E-state index in [0.717, 1.165) is 18.6 Å². The second-order valence-corrected chi connectivity index (χ2v) is 6.37. The SMILES string of the molecule is CCC(C)(CCO)NC(=O)CCCSc1ccccc1. The molecule has 0 aromatic heterocycles. The topological polar surface area (TPSA) is 49.3 Å². The van der Waals surface area contributed by atoms with Crippen molar-refractivity contribution in [3.63, 3.8) is 0 Å². The van der Waals surface area contributed by atoms with Crippen LogP contribution in [0.1, 0.15) is 39.5 Å². The predicted octanol–water partition coefficient (Wildman–Crippen LogP) is 3.23. The second-order valence-electron chi connectivity index (χ2n) is 5.20. The lowest BCUT2D eigenvalue weighted by atomic mass is 9.94. The van der Waals surface area contributed by atoms with Crippen LogP contribution >= 0.6 is 11.8 Å². The van der Waals surface area contributed by atoms with E-state index >= 15 is 0 Å². The number of benzene rings is 1. The van der Waals surface area contributed by atoms with E-state index in [2.05, 4.69) is 17.4 Å². The largest absolute Gasteiger partial charge is 0.396 e. The van der Waals surface area contributed by atoms with Crippen molar-refractivity contribution in [1.29, 1.82) is 0 Å². The summed E-state index contributed by atoms with van der Waals surface area (Å²) in [5.74, 6) is 1.02. The third kappa shape index (κ3) is 6.44. The highest BCUT2D eigenvalue weighted by Gasteiger charge is 2.23. The summed E-state index contributed by atoms with van der Waals surface area (Å²) in [6, 6.07) is 10.2. The third-order valence-electron chi connectivity index (χ3n) is 3.45. The minimum Gasteiger partial charge on any atom is -0.396 e. The van der Waals surface area contributed by atoms with Crippen LogP contribution in [0.4, 0.5) is 0 Å². The maximum Gasteiger partial charge on any atom is 0.220 e. The minimum atomic E-state index is -0.279. The average molecular weight is 295 g/mol. The molecule has 1 aromatic rings. The number of hydrogen-bond acceptors (Lipinski definition) is 3. The van der Waals surface area contributed by atoms with E-state index in [0.29, 0.717) is 12.8 Å². The molecule has 0 saturated carbocycles. The number of rotatable bonds is 9. The van der Waals surface area contributed by atoms with Crippen LogP contribution in [0.15, 0.2) is 35.2 Å². The van der Waals surface area contributed by atoms with Gasteiger partial charge in [0.25, 0.3) is 0 Å². The average Bonchev–Trinajstić information content (AvgIpc) is 2.45. The van der Waals surface area contributed by atoms with Crippen LogP contribution in [-0.4, -0.2) is 28.9 Å². The molecule has 4 heteroatoms. The van der Waals surface area contributed by atoms with Crippen LogP contribution in [0.2, 0.25) is 0 Å². The summed E-state index contributed by atoms with van der Waals surface area (Å²) in [7, 11) is 0. The fourth-order valence-electron chi connectivity index (χ4n) is 1.91. The highest BCUT2D eigenvalue weighted by Crippen LogP contribution is 2.19. The van der Waals surface area contributed by atoms with E-state index in [4.69, 9.17) is 5.11 Å². The molecule has 0 aliphatic rings. The van der Waals surface area contributed by atoms with Gasteiger partial charge in [0.1, 0.15) is 0 Å². The monoisotopic (exact) mass is 295 g/mol. The van der Waals surface area contributed by atoms with Crippen molar-refractivity contribution in [1.82, 2.24) is 5.32 Å². The van der Waals surface area contributed by atoms with Crippen LogP contribution in [0, 0.1) is 0 Å². The Balaban J connectivity index is 2.23. The molecule has 2 N–H and O–H groups in total. The summed E-state index contributed by atoms with van der Waals surface area (Å²) >= 11 is 1.78. The number of thioether (sulfide) groups is 1. The summed E-state index contributed by atoms with van der Waals surface area (Å²) in [4.78, 5) is 13.1. The number of carbonyl (C=O) groups is 1. The van der Waals surface area contributed by atoms with E-state index in [1.54, 1.807) is 11.8 Å². The molecule has 0 heterocycles. The number of hydrogen-bond donors (Lipinski definition) is 2. The molecular formula is C16H25NO2S. The Kier molecular flexibility index (Phi) is 7.70. The lowest BCUT2D eigenvalue weighted by Crippen LogP contribution is -2.46. The molecule has 20 heavy (non-hydrogen) atoms. The first kappa shape index (κ1) is 17.1.